The molecule has 126 valence electrons. The molecule has 1 atom stereocenters. The van der Waals surface area contributed by atoms with Crippen LogP contribution in [0.15, 0.2) is 28.7 Å². The number of hydrogen-bond acceptors (Lipinski definition) is 4. The second kappa shape index (κ2) is 9.57. The van der Waals surface area contributed by atoms with Crippen LogP contribution in [0, 0.1) is 0 Å². The van der Waals surface area contributed by atoms with Gasteiger partial charge < -0.3 is 5.32 Å². The third-order valence-electron chi connectivity index (χ3n) is 2.71. The number of nitrogens with one attached hydrogen (secondary N) is 3. The number of benzene rings is 1. The Balaban J connectivity index is 2.35. The maximum Gasteiger partial charge on any atom is 0.327 e. The van der Waals surface area contributed by atoms with Crippen LogP contribution in [0.1, 0.15) is 26.3 Å². The van der Waals surface area contributed by atoms with Gasteiger partial charge in [0.15, 0.2) is 0 Å². The molecule has 0 bridgehead atoms. The van der Waals surface area contributed by atoms with E-state index < -0.39 is 11.8 Å². The van der Waals surface area contributed by atoms with Gasteiger partial charge in [-0.15, -0.1) is 11.8 Å². The quantitative estimate of drug-likeness (QED) is 0.517. The molecule has 0 saturated heterocycles. The maximum atomic E-state index is 11.9. The van der Waals surface area contributed by atoms with E-state index in [-0.39, 0.29) is 17.2 Å². The molecule has 3 N–H and O–H groups in total. The average molecular weight is 402 g/mol. The van der Waals surface area contributed by atoms with E-state index in [2.05, 4.69) is 32.1 Å². The summed E-state index contributed by atoms with van der Waals surface area (Å²) in [6.45, 7) is 5.22. The number of carbonyl (C=O) groups is 3. The third kappa shape index (κ3) is 7.51. The standard InChI is InChI=1S/C15H20BrN3O3S/c1-9(2)17-14(21)15(22)19-18-13(20)10(3)23-8-11-4-6-12(16)7-5-11/h4-7,9-10H,8H2,1-3H3,(H,17,21)(H,18,20)(H,19,22)/t10-/m0/s1. The van der Waals surface area contributed by atoms with Gasteiger partial charge in [0.2, 0.25) is 0 Å². The van der Waals surface area contributed by atoms with Gasteiger partial charge in [0, 0.05) is 16.3 Å². The molecule has 0 fully saturated rings. The first-order valence-electron chi connectivity index (χ1n) is 7.06. The molecule has 3 amide bonds. The SMILES string of the molecule is CC(C)NC(=O)C(=O)NNC(=O)[C@H](C)SCc1ccc(Br)cc1. The van der Waals surface area contributed by atoms with E-state index >= 15 is 0 Å². The molecular weight excluding hydrogens is 382 g/mol. The zero-order valence-corrected chi connectivity index (χ0v) is 15.6. The second-order valence-corrected chi connectivity index (χ2v) is 7.40. The summed E-state index contributed by atoms with van der Waals surface area (Å²) in [6.07, 6.45) is 0. The highest BCUT2D eigenvalue weighted by atomic mass is 79.9. The van der Waals surface area contributed by atoms with Gasteiger partial charge in [-0.3, -0.25) is 25.2 Å². The van der Waals surface area contributed by atoms with E-state index in [0.717, 1.165) is 10.0 Å². The van der Waals surface area contributed by atoms with E-state index in [0.29, 0.717) is 5.75 Å². The first-order valence-corrected chi connectivity index (χ1v) is 8.90. The Hall–Kier alpha value is -1.54. The highest BCUT2D eigenvalue weighted by molar-refractivity contribution is 9.10. The van der Waals surface area contributed by atoms with Crippen molar-refractivity contribution >= 4 is 45.4 Å². The van der Waals surface area contributed by atoms with Crippen LogP contribution < -0.4 is 16.2 Å². The van der Waals surface area contributed by atoms with Gasteiger partial charge in [-0.25, -0.2) is 0 Å². The first kappa shape index (κ1) is 19.5. The smallest absolute Gasteiger partial charge is 0.327 e. The maximum absolute atomic E-state index is 11.9. The molecule has 0 aromatic heterocycles. The number of hydrazine groups is 1. The van der Waals surface area contributed by atoms with Crippen LogP contribution in [0.2, 0.25) is 0 Å². The summed E-state index contributed by atoms with van der Waals surface area (Å²) in [5.41, 5.74) is 5.45. The summed E-state index contributed by atoms with van der Waals surface area (Å²) < 4.78 is 0.999. The minimum Gasteiger partial charge on any atom is -0.346 e. The number of halogens is 1. The molecule has 0 radical (unpaired) electrons. The van der Waals surface area contributed by atoms with Gasteiger partial charge in [-0.1, -0.05) is 28.1 Å². The van der Waals surface area contributed by atoms with Crippen molar-refractivity contribution in [3.63, 3.8) is 0 Å². The molecule has 1 aromatic rings. The lowest BCUT2D eigenvalue weighted by Crippen LogP contribution is -2.51. The van der Waals surface area contributed by atoms with Gasteiger partial charge in [0.05, 0.1) is 5.25 Å². The van der Waals surface area contributed by atoms with Crippen LogP contribution in [-0.4, -0.2) is 29.0 Å². The van der Waals surface area contributed by atoms with Crippen molar-refractivity contribution in [3.05, 3.63) is 34.3 Å². The van der Waals surface area contributed by atoms with Crippen molar-refractivity contribution in [1.29, 1.82) is 0 Å². The first-order chi connectivity index (χ1) is 10.8. The van der Waals surface area contributed by atoms with Crippen LogP contribution in [-0.2, 0) is 20.1 Å². The number of hydrogen-bond donors (Lipinski definition) is 3. The molecule has 0 spiro atoms. The Kier molecular flexibility index (Phi) is 8.11. The molecule has 0 unspecified atom stereocenters. The van der Waals surface area contributed by atoms with Gasteiger partial charge >= 0.3 is 11.8 Å². The largest absolute Gasteiger partial charge is 0.346 e. The monoisotopic (exact) mass is 401 g/mol. The van der Waals surface area contributed by atoms with Crippen molar-refractivity contribution in [2.24, 2.45) is 0 Å². The minimum absolute atomic E-state index is 0.149. The predicted molar refractivity (Wildman–Crippen MR) is 94.5 cm³/mol. The molecule has 23 heavy (non-hydrogen) atoms. The summed E-state index contributed by atoms with van der Waals surface area (Å²) in [7, 11) is 0. The molecule has 0 aliphatic rings. The Morgan fingerprint density at radius 3 is 2.22 bits per heavy atom. The second-order valence-electron chi connectivity index (χ2n) is 5.15. The molecule has 1 aromatic carbocycles. The summed E-state index contributed by atoms with van der Waals surface area (Å²) in [6, 6.07) is 7.67. The Bertz CT molecular complexity index is 564. The lowest BCUT2D eigenvalue weighted by atomic mass is 10.2. The Morgan fingerprint density at radius 2 is 1.65 bits per heavy atom. The number of rotatable bonds is 5. The van der Waals surface area contributed by atoms with Gasteiger partial charge in [-0.05, 0) is 38.5 Å². The Labute approximate surface area is 148 Å². The Morgan fingerprint density at radius 1 is 1.04 bits per heavy atom. The number of amides is 3. The van der Waals surface area contributed by atoms with E-state index in [4.69, 9.17) is 0 Å². The molecule has 6 nitrogen and oxygen atoms in total. The third-order valence-corrected chi connectivity index (χ3v) is 4.45. The molecule has 8 heteroatoms. The minimum atomic E-state index is -0.892. The van der Waals surface area contributed by atoms with Crippen molar-refractivity contribution in [1.82, 2.24) is 16.2 Å². The summed E-state index contributed by atoms with van der Waals surface area (Å²) in [4.78, 5) is 34.7. The normalized spacial score (nSPS) is 11.7. The number of carbonyl (C=O) groups excluding carboxylic acids is 3. The summed E-state index contributed by atoms with van der Waals surface area (Å²) >= 11 is 4.80. The highest BCUT2D eigenvalue weighted by Gasteiger charge is 2.18. The van der Waals surface area contributed by atoms with E-state index in [1.54, 1.807) is 20.8 Å². The van der Waals surface area contributed by atoms with Crippen LogP contribution >= 0.6 is 27.7 Å². The highest BCUT2D eigenvalue weighted by Crippen LogP contribution is 2.19. The molecule has 1 rings (SSSR count). The molecule has 0 saturated carbocycles. The van der Waals surface area contributed by atoms with Crippen LogP contribution in [0.25, 0.3) is 0 Å². The molecule has 0 aliphatic carbocycles. The molecular formula is C15H20BrN3O3S. The zero-order valence-electron chi connectivity index (χ0n) is 13.2. The fourth-order valence-electron chi connectivity index (χ4n) is 1.48. The summed E-state index contributed by atoms with van der Waals surface area (Å²) in [5.74, 6) is -1.37. The van der Waals surface area contributed by atoms with Gasteiger partial charge in [0.25, 0.3) is 5.91 Å². The zero-order chi connectivity index (χ0) is 17.4. The van der Waals surface area contributed by atoms with Crippen molar-refractivity contribution < 1.29 is 14.4 Å². The van der Waals surface area contributed by atoms with Crippen molar-refractivity contribution in [3.8, 4) is 0 Å². The van der Waals surface area contributed by atoms with Crippen LogP contribution in [0.3, 0.4) is 0 Å². The fraction of sp³-hybridized carbons (Fsp3) is 0.400. The topological polar surface area (TPSA) is 87.3 Å². The van der Waals surface area contributed by atoms with Crippen LogP contribution in [0.4, 0.5) is 0 Å². The number of thioether (sulfide) groups is 1. The van der Waals surface area contributed by atoms with E-state index in [1.165, 1.54) is 11.8 Å². The van der Waals surface area contributed by atoms with Crippen molar-refractivity contribution in [2.45, 2.75) is 37.8 Å². The lowest BCUT2D eigenvalue weighted by Gasteiger charge is -2.13. The van der Waals surface area contributed by atoms with Gasteiger partial charge in [0.1, 0.15) is 0 Å². The summed E-state index contributed by atoms with van der Waals surface area (Å²) in [5, 5.41) is 2.07. The van der Waals surface area contributed by atoms with Crippen molar-refractivity contribution in [2.75, 3.05) is 0 Å². The van der Waals surface area contributed by atoms with Gasteiger partial charge in [-0.2, -0.15) is 0 Å². The molecule has 0 heterocycles. The van der Waals surface area contributed by atoms with E-state index in [9.17, 15) is 14.4 Å². The lowest BCUT2D eigenvalue weighted by molar-refractivity contribution is -0.141. The fourth-order valence-corrected chi connectivity index (χ4v) is 2.59. The van der Waals surface area contributed by atoms with Crippen LogP contribution in [0.5, 0.6) is 0 Å². The van der Waals surface area contributed by atoms with E-state index in [1.807, 2.05) is 24.3 Å². The predicted octanol–water partition coefficient (Wildman–Crippen LogP) is 1.74. The average Bonchev–Trinajstić information content (AvgIpc) is 2.50. The molecule has 0 aliphatic heterocycles.